The van der Waals surface area contributed by atoms with E-state index in [1.165, 1.54) is 11.8 Å². The van der Waals surface area contributed by atoms with Gasteiger partial charge in [-0.3, -0.25) is 0 Å². The Morgan fingerprint density at radius 2 is 2.05 bits per heavy atom. The van der Waals surface area contributed by atoms with Crippen LogP contribution in [-0.4, -0.2) is 25.4 Å². The zero-order chi connectivity index (χ0) is 14.5. The van der Waals surface area contributed by atoms with Gasteiger partial charge in [0.25, 0.3) is 6.35 Å². The monoisotopic (exact) mass is 323 g/mol. The predicted octanol–water partition coefficient (Wildman–Crippen LogP) is 2.76. The molecule has 0 saturated heterocycles. The van der Waals surface area contributed by atoms with E-state index >= 15 is 0 Å². The average Bonchev–Trinajstić information content (AvgIpc) is 2.36. The zero-order valence-corrected chi connectivity index (χ0v) is 13.2. The van der Waals surface area contributed by atoms with Gasteiger partial charge in [0.1, 0.15) is 4.90 Å². The van der Waals surface area contributed by atoms with Crippen molar-refractivity contribution in [2.45, 2.75) is 30.1 Å². The first-order valence-electron chi connectivity index (χ1n) is 5.70. The molecule has 106 valence electrons. The van der Waals surface area contributed by atoms with E-state index in [9.17, 15) is 13.0 Å². The second-order valence-corrected chi connectivity index (χ2v) is 7.40. The molecular weight excluding hydrogens is 307 g/mol. The highest BCUT2D eigenvalue weighted by atomic mass is 32.2. The van der Waals surface area contributed by atoms with Crippen molar-refractivity contribution in [3.63, 3.8) is 0 Å². The van der Waals surface area contributed by atoms with E-state index in [1.807, 2.05) is 13.8 Å². The van der Waals surface area contributed by atoms with Crippen LogP contribution in [0, 0.1) is 0 Å². The van der Waals surface area contributed by atoms with Crippen molar-refractivity contribution in [3.05, 3.63) is 23.8 Å². The third-order valence-electron chi connectivity index (χ3n) is 2.31. The fourth-order valence-electron chi connectivity index (χ4n) is 1.57. The molecule has 1 rings (SSSR count). The lowest BCUT2D eigenvalue weighted by Crippen LogP contribution is -2.10. The second kappa shape index (κ2) is 7.36. The first-order chi connectivity index (χ1) is 8.92. The molecule has 1 unspecified atom stereocenters. The van der Waals surface area contributed by atoms with Crippen LogP contribution in [-0.2, 0) is 25.3 Å². The molecule has 1 N–H and O–H groups in total. The fraction of sp³-hybridized carbons (Fsp3) is 0.455. The van der Waals surface area contributed by atoms with Crippen LogP contribution in [0.4, 0.5) is 0 Å². The highest BCUT2D eigenvalue weighted by molar-refractivity contribution is 8.00. The van der Waals surface area contributed by atoms with E-state index in [0.717, 1.165) is 5.75 Å². The van der Waals surface area contributed by atoms with Gasteiger partial charge in [0.2, 0.25) is 0 Å². The maximum absolute atomic E-state index is 12.1. The van der Waals surface area contributed by atoms with Crippen molar-refractivity contribution in [2.75, 3.05) is 12.1 Å². The second-order valence-electron chi connectivity index (χ2n) is 3.58. The lowest BCUT2D eigenvalue weighted by molar-refractivity contribution is 0.354. The van der Waals surface area contributed by atoms with Gasteiger partial charge in [0.05, 0.1) is 0 Å². The summed E-state index contributed by atoms with van der Waals surface area (Å²) in [6.45, 7) is 3.77. The van der Waals surface area contributed by atoms with Gasteiger partial charge in [-0.15, -0.1) is 11.8 Å². The average molecular weight is 323 g/mol. The van der Waals surface area contributed by atoms with Crippen LogP contribution in [0.1, 0.15) is 19.4 Å². The number of aryl methyl sites for hydroxylation is 1. The van der Waals surface area contributed by atoms with Crippen LogP contribution in [0.15, 0.2) is 28.0 Å². The summed E-state index contributed by atoms with van der Waals surface area (Å²) < 4.78 is 39.5. The summed E-state index contributed by atoms with van der Waals surface area (Å²) in [5, 5.41) is 0. The third kappa shape index (κ3) is 4.54. The van der Waals surface area contributed by atoms with Crippen molar-refractivity contribution in [1.29, 1.82) is 0 Å². The topological polar surface area (TPSA) is 80.7 Å². The lowest BCUT2D eigenvalue weighted by Gasteiger charge is -2.12. The molecule has 0 aromatic heterocycles. The van der Waals surface area contributed by atoms with E-state index in [4.69, 9.17) is 4.89 Å². The Bertz CT molecular complexity index is 556. The molecule has 1 aromatic carbocycles. The molecule has 0 aliphatic carbocycles. The molecule has 0 saturated carbocycles. The van der Waals surface area contributed by atoms with Gasteiger partial charge < -0.3 is 0 Å². The van der Waals surface area contributed by atoms with Crippen LogP contribution in [0.25, 0.3) is 0 Å². The van der Waals surface area contributed by atoms with Crippen LogP contribution < -0.4 is 0 Å². The van der Waals surface area contributed by atoms with E-state index in [1.54, 1.807) is 18.2 Å². The molecule has 0 heterocycles. The number of thioether (sulfide) groups is 1. The van der Waals surface area contributed by atoms with Gasteiger partial charge in [0.15, 0.2) is 0 Å². The minimum absolute atomic E-state index is 0.112. The minimum atomic E-state index is -4.02. The Hall–Kier alpha value is -0.460. The highest BCUT2D eigenvalue weighted by Crippen LogP contribution is 2.32. The van der Waals surface area contributed by atoms with Crippen molar-refractivity contribution in [3.8, 4) is 0 Å². The molecule has 1 atom stereocenters. The quantitative estimate of drug-likeness (QED) is 0.472. The molecule has 19 heavy (non-hydrogen) atoms. The molecule has 1 aromatic rings. The smallest absolute Gasteiger partial charge is 0.213 e. The fourth-order valence-corrected chi connectivity index (χ4v) is 4.68. The maximum atomic E-state index is 12.1. The predicted molar refractivity (Wildman–Crippen MR) is 75.2 cm³/mol. The third-order valence-corrected chi connectivity index (χ3v) is 5.31. The van der Waals surface area contributed by atoms with Gasteiger partial charge in [-0.05, 0) is 28.4 Å². The summed E-state index contributed by atoms with van der Waals surface area (Å²) in [6.07, 6.45) is -0.173. The molecule has 8 heteroatoms. The molecule has 0 aliphatic heterocycles. The summed E-state index contributed by atoms with van der Waals surface area (Å²) in [6, 6.07) is 5.22. The lowest BCUT2D eigenvalue weighted by atomic mass is 10.2. The van der Waals surface area contributed by atoms with E-state index in [-0.39, 0.29) is 4.90 Å². The summed E-state index contributed by atoms with van der Waals surface area (Å²) in [4.78, 5) is 9.40. The standard InChI is InChI=1S/C11H15O5PS2/c1-3-9-6-5-7-10(18-4-2)11(9)19(14,15)16-8-17(12)13/h5-7H,3-4,8H2,1-2H3/p+1. The maximum Gasteiger partial charge on any atom is 0.535 e. The van der Waals surface area contributed by atoms with Gasteiger partial charge in [-0.2, -0.15) is 13.3 Å². The Morgan fingerprint density at radius 3 is 2.58 bits per heavy atom. The minimum Gasteiger partial charge on any atom is -0.213 e. The Kier molecular flexibility index (Phi) is 6.42. The normalized spacial score (nSPS) is 12.5. The Balaban J connectivity index is 3.25. The first-order valence-corrected chi connectivity index (χ1v) is 9.49. The molecule has 0 amide bonds. The van der Waals surface area contributed by atoms with Crippen molar-refractivity contribution in [1.82, 2.24) is 0 Å². The summed E-state index contributed by atoms with van der Waals surface area (Å²) in [7, 11) is -6.66. The number of hydrogen-bond acceptors (Lipinski definition) is 5. The van der Waals surface area contributed by atoms with Gasteiger partial charge in [-0.25, -0.2) is 4.18 Å². The molecular formula is C11H16O5PS2+. The summed E-state index contributed by atoms with van der Waals surface area (Å²) in [5.74, 6) is 0.726. The Labute approximate surface area is 118 Å². The molecule has 0 radical (unpaired) electrons. The molecule has 5 nitrogen and oxygen atoms in total. The van der Waals surface area contributed by atoms with Crippen LogP contribution in [0.5, 0.6) is 0 Å². The van der Waals surface area contributed by atoms with Crippen molar-refractivity contribution < 1.29 is 22.1 Å². The van der Waals surface area contributed by atoms with Gasteiger partial charge >= 0.3 is 18.1 Å². The van der Waals surface area contributed by atoms with Crippen molar-refractivity contribution >= 4 is 29.9 Å². The zero-order valence-electron chi connectivity index (χ0n) is 10.7. The van der Waals surface area contributed by atoms with Gasteiger partial charge in [-0.1, -0.05) is 26.0 Å². The largest absolute Gasteiger partial charge is 0.535 e. The molecule has 0 bridgehead atoms. The number of rotatable bonds is 7. The molecule has 0 aliphatic rings. The molecule has 0 spiro atoms. The van der Waals surface area contributed by atoms with Crippen LogP contribution in [0.3, 0.4) is 0 Å². The number of benzene rings is 1. The van der Waals surface area contributed by atoms with E-state index in [0.29, 0.717) is 16.9 Å². The van der Waals surface area contributed by atoms with E-state index in [2.05, 4.69) is 4.18 Å². The SMILES string of the molecule is CCSc1cccc(CC)c1S(=O)(=O)OC[P+](=O)O. The van der Waals surface area contributed by atoms with Gasteiger partial charge in [0, 0.05) is 4.90 Å². The Morgan fingerprint density at radius 1 is 1.37 bits per heavy atom. The summed E-state index contributed by atoms with van der Waals surface area (Å²) in [5.41, 5.74) is 0.645. The highest BCUT2D eigenvalue weighted by Gasteiger charge is 2.26. The molecule has 0 fully saturated rings. The van der Waals surface area contributed by atoms with E-state index < -0.39 is 24.5 Å². The number of hydrogen-bond donors (Lipinski definition) is 1. The van der Waals surface area contributed by atoms with Crippen LogP contribution >= 0.6 is 19.8 Å². The van der Waals surface area contributed by atoms with Crippen LogP contribution in [0.2, 0.25) is 0 Å². The summed E-state index contributed by atoms with van der Waals surface area (Å²) >= 11 is 1.40. The van der Waals surface area contributed by atoms with Crippen molar-refractivity contribution in [2.24, 2.45) is 0 Å². The first kappa shape index (κ1) is 16.6.